The van der Waals surface area contributed by atoms with Crippen LogP contribution < -0.4 is 0 Å². The van der Waals surface area contributed by atoms with Crippen molar-refractivity contribution in [3.05, 3.63) is 21.8 Å². The fourth-order valence-electron chi connectivity index (χ4n) is 0.989. The summed E-state index contributed by atoms with van der Waals surface area (Å²) in [5.74, 6) is 0.129. The summed E-state index contributed by atoms with van der Waals surface area (Å²) in [6.45, 7) is -0.0365. The summed E-state index contributed by atoms with van der Waals surface area (Å²) < 4.78 is 0. The topological polar surface area (TPSA) is 112 Å². The van der Waals surface area contributed by atoms with Gasteiger partial charge in [0.05, 0.1) is 24.9 Å². The lowest BCUT2D eigenvalue weighted by Crippen LogP contribution is -2.24. The molecular formula is C8H8N4O3. The van der Waals surface area contributed by atoms with E-state index in [1.807, 2.05) is 0 Å². The summed E-state index contributed by atoms with van der Waals surface area (Å²) in [6.07, 6.45) is 2.29. The zero-order chi connectivity index (χ0) is 11.3. The third-order valence-electron chi connectivity index (χ3n) is 1.65. The van der Waals surface area contributed by atoms with Crippen LogP contribution in [0.4, 0.5) is 0 Å². The Labute approximate surface area is 85.2 Å². The first-order valence-electron chi connectivity index (χ1n) is 4.14. The van der Waals surface area contributed by atoms with Gasteiger partial charge in [0.15, 0.2) is 5.84 Å². The van der Waals surface area contributed by atoms with E-state index < -0.39 is 11.0 Å². The van der Waals surface area contributed by atoms with Gasteiger partial charge in [0.25, 0.3) is 6.04 Å². The lowest BCUT2D eigenvalue weighted by molar-refractivity contribution is -0.489. The second-order valence-corrected chi connectivity index (χ2v) is 2.68. The van der Waals surface area contributed by atoms with Crippen molar-refractivity contribution in [2.45, 2.75) is 6.04 Å². The van der Waals surface area contributed by atoms with Crippen LogP contribution in [0.1, 0.15) is 0 Å². The normalized spacial score (nSPS) is 22.3. The molecule has 0 amide bonds. The zero-order valence-corrected chi connectivity index (χ0v) is 7.70. The van der Waals surface area contributed by atoms with Crippen molar-refractivity contribution in [2.24, 2.45) is 9.98 Å². The molecule has 1 aliphatic rings. The number of aliphatic imine (C=N–C) groups is 2. The summed E-state index contributed by atoms with van der Waals surface area (Å²) in [6, 6.07) is 0.702. The molecule has 1 unspecified atom stereocenters. The Kier molecular flexibility index (Phi) is 3.65. The molecule has 0 radical (unpaired) electrons. The van der Waals surface area contributed by atoms with Gasteiger partial charge < -0.3 is 5.11 Å². The highest BCUT2D eigenvalue weighted by Crippen LogP contribution is 2.07. The molecule has 7 nitrogen and oxygen atoms in total. The van der Waals surface area contributed by atoms with Crippen LogP contribution >= 0.6 is 0 Å². The molecule has 7 heteroatoms. The van der Waals surface area contributed by atoms with Crippen molar-refractivity contribution in [3.63, 3.8) is 0 Å². The van der Waals surface area contributed by atoms with Crippen LogP contribution in [0.25, 0.3) is 0 Å². The van der Waals surface area contributed by atoms with Gasteiger partial charge in [-0.15, -0.1) is 0 Å². The largest absolute Gasteiger partial charge is 0.394 e. The maximum absolute atomic E-state index is 10.4. The van der Waals surface area contributed by atoms with Crippen LogP contribution in [0.2, 0.25) is 0 Å². The van der Waals surface area contributed by atoms with Crippen molar-refractivity contribution in [1.29, 1.82) is 5.26 Å². The van der Waals surface area contributed by atoms with Gasteiger partial charge in [-0.25, -0.2) is 4.99 Å². The number of nitriles is 1. The fraction of sp³-hybridized carbons (Fsp3) is 0.375. The first-order chi connectivity index (χ1) is 7.19. The monoisotopic (exact) mass is 208 g/mol. The number of dihydropyridines is 1. The van der Waals surface area contributed by atoms with Crippen LogP contribution in [0, 0.1) is 21.4 Å². The molecule has 0 aromatic rings. The number of nitrogens with zero attached hydrogens (tertiary/aromatic N) is 4. The fourth-order valence-corrected chi connectivity index (χ4v) is 0.989. The highest BCUT2D eigenvalue weighted by molar-refractivity contribution is 6.08. The van der Waals surface area contributed by atoms with Crippen LogP contribution in [-0.2, 0) is 0 Å². The van der Waals surface area contributed by atoms with Crippen molar-refractivity contribution in [1.82, 2.24) is 0 Å². The molecule has 0 bridgehead atoms. The second kappa shape index (κ2) is 4.97. The number of hydrogen-bond donors (Lipinski definition) is 1. The van der Waals surface area contributed by atoms with Crippen LogP contribution in [0.3, 0.4) is 0 Å². The van der Waals surface area contributed by atoms with E-state index >= 15 is 0 Å². The highest BCUT2D eigenvalue weighted by Gasteiger charge is 2.22. The Balaban J connectivity index is 2.91. The minimum absolute atomic E-state index is 0.0626. The maximum atomic E-state index is 10.4. The average molecular weight is 208 g/mol. The third-order valence-corrected chi connectivity index (χ3v) is 1.65. The molecule has 15 heavy (non-hydrogen) atoms. The minimum Gasteiger partial charge on any atom is -0.394 e. The summed E-state index contributed by atoms with van der Waals surface area (Å²) in [5.41, 5.74) is 0.0626. The predicted octanol–water partition coefficient (Wildman–Crippen LogP) is -0.443. The van der Waals surface area contributed by atoms with Gasteiger partial charge in [0, 0.05) is 11.0 Å². The number of amidine groups is 1. The van der Waals surface area contributed by atoms with E-state index in [9.17, 15) is 10.1 Å². The molecule has 0 aliphatic carbocycles. The zero-order valence-electron chi connectivity index (χ0n) is 7.70. The summed E-state index contributed by atoms with van der Waals surface area (Å²) >= 11 is 0. The molecule has 0 saturated heterocycles. The van der Waals surface area contributed by atoms with Crippen LogP contribution in [-0.4, -0.2) is 41.3 Å². The first-order valence-corrected chi connectivity index (χ1v) is 4.14. The van der Waals surface area contributed by atoms with Crippen LogP contribution in [0.15, 0.2) is 21.6 Å². The predicted molar refractivity (Wildman–Crippen MR) is 52.4 cm³/mol. The van der Waals surface area contributed by atoms with Crippen molar-refractivity contribution >= 4 is 12.1 Å². The van der Waals surface area contributed by atoms with Gasteiger partial charge in [0.2, 0.25) is 0 Å². The number of nitro groups is 1. The lowest BCUT2D eigenvalue weighted by atomic mass is 10.1. The first kappa shape index (κ1) is 11.0. The molecule has 0 aromatic heterocycles. The van der Waals surface area contributed by atoms with E-state index in [0.717, 1.165) is 6.21 Å². The average Bonchev–Trinajstić information content (AvgIpc) is 2.25. The number of aliphatic hydroxyl groups is 1. The van der Waals surface area contributed by atoms with Gasteiger partial charge in [-0.2, -0.15) is 5.26 Å². The third kappa shape index (κ3) is 2.69. The maximum Gasteiger partial charge on any atom is 0.268 e. The van der Waals surface area contributed by atoms with Gasteiger partial charge in [-0.05, 0) is 0 Å². The molecule has 1 aliphatic heterocycles. The summed E-state index contributed by atoms with van der Waals surface area (Å²) in [5, 5.41) is 27.6. The molecule has 1 rings (SSSR count). The van der Waals surface area contributed by atoms with E-state index in [4.69, 9.17) is 10.4 Å². The van der Waals surface area contributed by atoms with E-state index in [2.05, 4.69) is 9.98 Å². The number of rotatable bonds is 3. The van der Waals surface area contributed by atoms with Gasteiger partial charge in [-0.3, -0.25) is 15.1 Å². The molecule has 78 valence electrons. The Morgan fingerprint density at radius 1 is 1.80 bits per heavy atom. The Bertz CT molecular complexity index is 391. The van der Waals surface area contributed by atoms with E-state index in [1.165, 1.54) is 6.08 Å². The molecule has 0 aromatic carbocycles. The van der Waals surface area contributed by atoms with Crippen LogP contribution in [0.5, 0.6) is 0 Å². The smallest absolute Gasteiger partial charge is 0.268 e. The van der Waals surface area contributed by atoms with Gasteiger partial charge >= 0.3 is 0 Å². The van der Waals surface area contributed by atoms with Gasteiger partial charge in [-0.1, -0.05) is 0 Å². The highest BCUT2D eigenvalue weighted by atomic mass is 16.6. The van der Waals surface area contributed by atoms with Crippen molar-refractivity contribution < 1.29 is 10.0 Å². The minimum atomic E-state index is -1.08. The van der Waals surface area contributed by atoms with E-state index in [0.29, 0.717) is 0 Å². The van der Waals surface area contributed by atoms with Gasteiger partial charge in [0.1, 0.15) is 6.07 Å². The summed E-state index contributed by atoms with van der Waals surface area (Å²) in [7, 11) is 0. The molecule has 0 saturated carbocycles. The molecule has 1 heterocycles. The molecule has 1 atom stereocenters. The molecular weight excluding hydrogens is 200 g/mol. The second-order valence-electron chi connectivity index (χ2n) is 2.68. The van der Waals surface area contributed by atoms with E-state index in [-0.39, 0.29) is 24.6 Å². The van der Waals surface area contributed by atoms with Crippen molar-refractivity contribution in [3.8, 4) is 6.07 Å². The molecule has 1 N–H and O–H groups in total. The Hall–Kier alpha value is -2.07. The number of aliphatic hydroxyl groups excluding tert-OH is 1. The van der Waals surface area contributed by atoms with E-state index in [1.54, 1.807) is 6.07 Å². The standard InChI is InChI=1S/C8H8N4O3/c9-4-6-3-7(12(14)15)5-11-8(6)10-1-2-13/h3,5,7,13H,1-2H2. The SMILES string of the molecule is N#CC1=CC([N+](=O)[O-])C=NC1=NCCO. The quantitative estimate of drug-likeness (QED) is 0.500. The molecule has 0 fully saturated rings. The Morgan fingerprint density at radius 3 is 3.07 bits per heavy atom. The molecule has 0 spiro atoms. The van der Waals surface area contributed by atoms with Crippen molar-refractivity contribution in [2.75, 3.05) is 13.2 Å². The lowest BCUT2D eigenvalue weighted by Gasteiger charge is -2.06. The Morgan fingerprint density at radius 2 is 2.53 bits per heavy atom. The summed E-state index contributed by atoms with van der Waals surface area (Å²) in [4.78, 5) is 17.4. The number of hydrogen-bond acceptors (Lipinski definition) is 5.